The minimum atomic E-state index is 0.234. The lowest BCUT2D eigenvalue weighted by Crippen LogP contribution is -2.07. The monoisotopic (exact) mass is 269 g/mol. The minimum Gasteiger partial charge on any atom is -0.399 e. The molecule has 0 amide bonds. The lowest BCUT2D eigenvalue weighted by molar-refractivity contribution is 0.645. The molecule has 96 valence electrons. The molecule has 0 bridgehead atoms. The van der Waals surface area contributed by atoms with Gasteiger partial charge in [-0.3, -0.25) is 0 Å². The van der Waals surface area contributed by atoms with E-state index in [0.29, 0.717) is 0 Å². The lowest BCUT2D eigenvalue weighted by atomic mass is 10.1. The summed E-state index contributed by atoms with van der Waals surface area (Å²) in [5.74, 6) is 0. The van der Waals surface area contributed by atoms with Crippen molar-refractivity contribution in [2.24, 2.45) is 0 Å². The van der Waals surface area contributed by atoms with E-state index in [-0.39, 0.29) is 6.04 Å². The summed E-state index contributed by atoms with van der Waals surface area (Å²) in [5, 5.41) is 4.23. The molecular formula is C15H15N3S. The number of nitrogens with two attached hydrogens (primary N) is 1. The Bertz CT molecular complexity index is 653. The van der Waals surface area contributed by atoms with Crippen LogP contribution in [-0.2, 0) is 0 Å². The van der Waals surface area contributed by atoms with Crippen molar-refractivity contribution in [3.05, 3.63) is 59.2 Å². The van der Waals surface area contributed by atoms with Gasteiger partial charge in [-0.05, 0) is 36.1 Å². The van der Waals surface area contributed by atoms with Crippen LogP contribution in [0.15, 0.2) is 53.6 Å². The van der Waals surface area contributed by atoms with Gasteiger partial charge in [-0.1, -0.05) is 12.1 Å². The largest absolute Gasteiger partial charge is 0.399 e. The Balaban J connectivity index is 1.99. The highest BCUT2D eigenvalue weighted by molar-refractivity contribution is 7.08. The van der Waals surface area contributed by atoms with Crippen molar-refractivity contribution in [1.29, 1.82) is 0 Å². The van der Waals surface area contributed by atoms with Crippen molar-refractivity contribution in [2.75, 3.05) is 5.73 Å². The molecule has 3 aromatic rings. The molecule has 1 aromatic carbocycles. The molecule has 0 fully saturated rings. The average molecular weight is 269 g/mol. The molecule has 2 N–H and O–H groups in total. The van der Waals surface area contributed by atoms with Crippen LogP contribution in [0, 0.1) is 0 Å². The summed E-state index contributed by atoms with van der Waals surface area (Å²) in [5.41, 5.74) is 10.1. The average Bonchev–Trinajstić information content (AvgIpc) is 3.09. The van der Waals surface area contributed by atoms with Crippen LogP contribution in [0.2, 0.25) is 0 Å². The van der Waals surface area contributed by atoms with E-state index in [1.165, 1.54) is 11.1 Å². The Morgan fingerprint density at radius 3 is 2.68 bits per heavy atom. The summed E-state index contributed by atoms with van der Waals surface area (Å²) in [6.45, 7) is 2.17. The van der Waals surface area contributed by atoms with Crippen molar-refractivity contribution in [1.82, 2.24) is 9.55 Å². The van der Waals surface area contributed by atoms with Crippen LogP contribution in [0.3, 0.4) is 0 Å². The molecular weight excluding hydrogens is 254 g/mol. The molecule has 0 saturated heterocycles. The van der Waals surface area contributed by atoms with Crippen LogP contribution in [-0.4, -0.2) is 9.55 Å². The molecule has 19 heavy (non-hydrogen) atoms. The third kappa shape index (κ3) is 2.27. The van der Waals surface area contributed by atoms with Gasteiger partial charge >= 0.3 is 0 Å². The molecule has 0 radical (unpaired) electrons. The van der Waals surface area contributed by atoms with Crippen LogP contribution in [0.5, 0.6) is 0 Å². The third-order valence-corrected chi connectivity index (χ3v) is 4.00. The Labute approximate surface area is 116 Å². The Morgan fingerprint density at radius 1 is 1.21 bits per heavy atom. The predicted octanol–water partition coefficient (Wildman–Crippen LogP) is 3.80. The fraction of sp³-hybridized carbons (Fsp3) is 0.133. The van der Waals surface area contributed by atoms with Crippen molar-refractivity contribution in [3.8, 4) is 11.3 Å². The van der Waals surface area contributed by atoms with Crippen LogP contribution in [0.25, 0.3) is 11.3 Å². The molecule has 3 nitrogen and oxygen atoms in total. The zero-order chi connectivity index (χ0) is 13.2. The molecule has 0 saturated carbocycles. The van der Waals surface area contributed by atoms with Crippen LogP contribution in [0.4, 0.5) is 5.69 Å². The van der Waals surface area contributed by atoms with Gasteiger partial charge < -0.3 is 10.3 Å². The summed E-state index contributed by atoms with van der Waals surface area (Å²) in [6, 6.07) is 10.4. The van der Waals surface area contributed by atoms with Crippen molar-refractivity contribution >= 4 is 17.0 Å². The number of thiophene rings is 1. The minimum absolute atomic E-state index is 0.234. The number of anilines is 1. The second-order valence-electron chi connectivity index (χ2n) is 4.54. The third-order valence-electron chi connectivity index (χ3n) is 3.32. The summed E-state index contributed by atoms with van der Waals surface area (Å²) in [4.78, 5) is 4.29. The predicted molar refractivity (Wildman–Crippen MR) is 80.2 cm³/mol. The van der Waals surface area contributed by atoms with Gasteiger partial charge in [-0.2, -0.15) is 11.3 Å². The smallest absolute Gasteiger partial charge is 0.0956 e. The van der Waals surface area contributed by atoms with E-state index in [4.69, 9.17) is 5.73 Å². The number of imidazole rings is 1. The fourth-order valence-electron chi connectivity index (χ4n) is 2.18. The highest BCUT2D eigenvalue weighted by Gasteiger charge is 2.13. The number of hydrogen-bond acceptors (Lipinski definition) is 3. The first-order chi connectivity index (χ1) is 9.25. The van der Waals surface area contributed by atoms with Crippen molar-refractivity contribution in [3.63, 3.8) is 0 Å². The number of nitrogens with zero attached hydrogens (tertiary/aromatic N) is 2. The molecule has 4 heteroatoms. The highest BCUT2D eigenvalue weighted by atomic mass is 32.1. The molecule has 1 unspecified atom stereocenters. The molecule has 3 rings (SSSR count). The molecule has 0 aliphatic carbocycles. The quantitative estimate of drug-likeness (QED) is 0.735. The topological polar surface area (TPSA) is 43.8 Å². The second-order valence-corrected chi connectivity index (χ2v) is 5.32. The Kier molecular flexibility index (Phi) is 3.09. The van der Waals surface area contributed by atoms with Crippen molar-refractivity contribution < 1.29 is 0 Å². The lowest BCUT2D eigenvalue weighted by Gasteiger charge is -2.16. The van der Waals surface area contributed by atoms with Gasteiger partial charge in [0.25, 0.3) is 0 Å². The number of rotatable bonds is 3. The van der Waals surface area contributed by atoms with Gasteiger partial charge in [0.2, 0.25) is 0 Å². The second kappa shape index (κ2) is 4.90. The van der Waals surface area contributed by atoms with Gasteiger partial charge in [-0.15, -0.1) is 0 Å². The standard InChI is InChI=1S/C15H15N3S/c1-11(12-2-4-14(16)5-3-12)18-10-17-8-15(18)13-6-7-19-9-13/h2-11H,16H2,1H3. The van der Waals surface area contributed by atoms with E-state index in [1.54, 1.807) is 11.3 Å². The first kappa shape index (κ1) is 12.0. The van der Waals surface area contributed by atoms with Gasteiger partial charge in [-0.25, -0.2) is 4.98 Å². The Hall–Kier alpha value is -2.07. The summed E-state index contributed by atoms with van der Waals surface area (Å²) < 4.78 is 2.19. The molecule has 0 spiro atoms. The van der Waals surface area contributed by atoms with Crippen LogP contribution < -0.4 is 5.73 Å². The van der Waals surface area contributed by atoms with E-state index in [1.807, 2.05) is 24.7 Å². The van der Waals surface area contributed by atoms with E-state index in [2.05, 4.69) is 45.4 Å². The molecule has 2 heterocycles. The number of benzene rings is 1. The van der Waals surface area contributed by atoms with E-state index >= 15 is 0 Å². The maximum absolute atomic E-state index is 5.73. The number of aromatic nitrogens is 2. The van der Waals surface area contributed by atoms with Crippen LogP contribution in [0.1, 0.15) is 18.5 Å². The summed E-state index contributed by atoms with van der Waals surface area (Å²) >= 11 is 1.70. The van der Waals surface area contributed by atoms with Gasteiger partial charge in [0.15, 0.2) is 0 Å². The Morgan fingerprint density at radius 2 is 2.00 bits per heavy atom. The number of nitrogen functional groups attached to an aromatic ring is 1. The van der Waals surface area contributed by atoms with Gasteiger partial charge in [0.05, 0.1) is 24.3 Å². The fourth-order valence-corrected chi connectivity index (χ4v) is 2.83. The maximum atomic E-state index is 5.73. The number of hydrogen-bond donors (Lipinski definition) is 1. The van der Waals surface area contributed by atoms with Crippen molar-refractivity contribution in [2.45, 2.75) is 13.0 Å². The van der Waals surface area contributed by atoms with E-state index in [0.717, 1.165) is 11.4 Å². The molecule has 0 aliphatic rings. The van der Waals surface area contributed by atoms with E-state index in [9.17, 15) is 0 Å². The van der Waals surface area contributed by atoms with Crippen LogP contribution >= 0.6 is 11.3 Å². The molecule has 1 atom stereocenters. The van der Waals surface area contributed by atoms with E-state index < -0.39 is 0 Å². The van der Waals surface area contributed by atoms with Gasteiger partial charge in [0, 0.05) is 16.6 Å². The maximum Gasteiger partial charge on any atom is 0.0956 e. The molecule has 2 aromatic heterocycles. The zero-order valence-corrected chi connectivity index (χ0v) is 11.5. The molecule has 0 aliphatic heterocycles. The summed E-state index contributed by atoms with van der Waals surface area (Å²) in [7, 11) is 0. The first-order valence-electron chi connectivity index (χ1n) is 6.15. The first-order valence-corrected chi connectivity index (χ1v) is 7.10. The summed E-state index contributed by atoms with van der Waals surface area (Å²) in [6.07, 6.45) is 3.80. The zero-order valence-electron chi connectivity index (χ0n) is 10.7. The SMILES string of the molecule is CC(c1ccc(N)cc1)n1cncc1-c1ccsc1. The normalized spacial score (nSPS) is 12.5. The van der Waals surface area contributed by atoms with Gasteiger partial charge in [0.1, 0.15) is 0 Å². The highest BCUT2D eigenvalue weighted by Crippen LogP contribution is 2.27.